The molecule has 2 rings (SSSR count). The summed E-state index contributed by atoms with van der Waals surface area (Å²) in [5.74, 6) is -0.605. The summed E-state index contributed by atoms with van der Waals surface area (Å²) < 4.78 is 4.84. The van der Waals surface area contributed by atoms with Crippen LogP contribution in [0.1, 0.15) is 41.1 Å². The third kappa shape index (κ3) is 2.71. The van der Waals surface area contributed by atoms with Gasteiger partial charge in [0.2, 0.25) is 5.91 Å². The smallest absolute Gasteiger partial charge is 0.341 e. The van der Waals surface area contributed by atoms with Crippen LogP contribution in [0.3, 0.4) is 0 Å². The minimum Gasteiger partial charge on any atom is -0.465 e. The number of carbonyl (C=O) groups is 2. The van der Waals surface area contributed by atoms with E-state index in [1.807, 2.05) is 13.8 Å². The molecule has 1 atom stereocenters. The number of fused-ring (bicyclic) bond motifs is 1. The van der Waals surface area contributed by atoms with Crippen LogP contribution < -0.4 is 11.1 Å². The number of hydrogen-bond donors (Lipinski definition) is 2. The summed E-state index contributed by atoms with van der Waals surface area (Å²) in [4.78, 5) is 25.2. The van der Waals surface area contributed by atoms with Gasteiger partial charge in [-0.05, 0) is 30.7 Å². The van der Waals surface area contributed by atoms with E-state index in [2.05, 4.69) is 5.32 Å². The molecule has 0 fully saturated rings. The molecule has 1 aliphatic rings. The van der Waals surface area contributed by atoms with E-state index in [4.69, 9.17) is 10.5 Å². The number of methoxy groups -OCH3 is 1. The first-order valence-corrected chi connectivity index (χ1v) is 7.56. The predicted molar refractivity (Wildman–Crippen MR) is 79.1 cm³/mol. The van der Waals surface area contributed by atoms with Crippen molar-refractivity contribution in [2.75, 3.05) is 12.4 Å². The molecule has 0 unspecified atom stereocenters. The molecule has 0 bridgehead atoms. The zero-order chi connectivity index (χ0) is 14.9. The fourth-order valence-corrected chi connectivity index (χ4v) is 3.59. The molecule has 20 heavy (non-hydrogen) atoms. The fourth-order valence-electron chi connectivity index (χ4n) is 2.31. The monoisotopic (exact) mass is 296 g/mol. The molecule has 0 aliphatic heterocycles. The van der Waals surface area contributed by atoms with Crippen molar-refractivity contribution < 1.29 is 14.3 Å². The maximum Gasteiger partial charge on any atom is 0.341 e. The Hall–Kier alpha value is -1.40. The van der Waals surface area contributed by atoms with Crippen LogP contribution in [0.5, 0.6) is 0 Å². The lowest BCUT2D eigenvalue weighted by molar-refractivity contribution is -0.118. The van der Waals surface area contributed by atoms with Crippen LogP contribution in [0.25, 0.3) is 0 Å². The Morgan fingerprint density at radius 1 is 1.35 bits per heavy atom. The number of thiophene rings is 1. The van der Waals surface area contributed by atoms with E-state index in [-0.39, 0.29) is 11.8 Å². The van der Waals surface area contributed by atoms with Gasteiger partial charge in [-0.3, -0.25) is 4.79 Å². The molecule has 1 aliphatic carbocycles. The van der Waals surface area contributed by atoms with Crippen molar-refractivity contribution in [3.05, 3.63) is 16.0 Å². The summed E-state index contributed by atoms with van der Waals surface area (Å²) >= 11 is 1.46. The van der Waals surface area contributed by atoms with Crippen LogP contribution in [-0.4, -0.2) is 25.0 Å². The SMILES string of the molecule is COC(=O)c1c(NC(=O)[C@@H](N)C(C)C)sc2c1CCC2. The first-order valence-electron chi connectivity index (χ1n) is 6.75. The van der Waals surface area contributed by atoms with E-state index in [0.29, 0.717) is 10.6 Å². The Labute approximate surface area is 122 Å². The Kier molecular flexibility index (Phi) is 4.45. The number of amides is 1. The number of aryl methyl sites for hydroxylation is 1. The Balaban J connectivity index is 2.28. The first-order chi connectivity index (χ1) is 9.45. The van der Waals surface area contributed by atoms with Crippen LogP contribution >= 0.6 is 11.3 Å². The minimum absolute atomic E-state index is 0.0448. The molecule has 0 aromatic carbocycles. The summed E-state index contributed by atoms with van der Waals surface area (Å²) in [5, 5.41) is 3.36. The van der Waals surface area contributed by atoms with Crippen LogP contribution in [0.15, 0.2) is 0 Å². The second kappa shape index (κ2) is 5.93. The molecule has 110 valence electrons. The van der Waals surface area contributed by atoms with Gasteiger partial charge in [-0.25, -0.2) is 4.79 Å². The van der Waals surface area contributed by atoms with Crippen molar-refractivity contribution in [2.45, 2.75) is 39.2 Å². The number of hydrogen-bond acceptors (Lipinski definition) is 5. The highest BCUT2D eigenvalue weighted by Gasteiger charge is 2.29. The van der Waals surface area contributed by atoms with Crippen LogP contribution in [0, 0.1) is 5.92 Å². The van der Waals surface area contributed by atoms with Gasteiger partial charge >= 0.3 is 5.97 Å². The predicted octanol–water partition coefficient (Wildman–Crippen LogP) is 1.95. The lowest BCUT2D eigenvalue weighted by Gasteiger charge is -2.15. The third-order valence-corrected chi connectivity index (χ3v) is 4.78. The van der Waals surface area contributed by atoms with Crippen molar-refractivity contribution in [3.8, 4) is 0 Å². The second-order valence-electron chi connectivity index (χ2n) is 5.31. The first kappa shape index (κ1) is 15.0. The standard InChI is InChI=1S/C14H20N2O3S/c1-7(2)11(15)12(17)16-13-10(14(18)19-3)8-5-4-6-9(8)20-13/h7,11H,4-6,15H2,1-3H3,(H,16,17)/t11-/m0/s1. The molecular formula is C14H20N2O3S. The van der Waals surface area contributed by atoms with Crippen molar-refractivity contribution in [2.24, 2.45) is 11.7 Å². The molecule has 0 radical (unpaired) electrons. The van der Waals surface area contributed by atoms with Gasteiger partial charge in [-0.1, -0.05) is 13.8 Å². The van der Waals surface area contributed by atoms with Gasteiger partial charge < -0.3 is 15.8 Å². The molecule has 1 heterocycles. The zero-order valence-electron chi connectivity index (χ0n) is 12.0. The average Bonchev–Trinajstić information content (AvgIpc) is 2.96. The van der Waals surface area contributed by atoms with E-state index in [1.54, 1.807) is 0 Å². The molecule has 3 N–H and O–H groups in total. The Morgan fingerprint density at radius 2 is 2.05 bits per heavy atom. The number of nitrogens with one attached hydrogen (secondary N) is 1. The number of ether oxygens (including phenoxy) is 1. The van der Waals surface area contributed by atoms with Gasteiger partial charge in [0, 0.05) is 4.88 Å². The topological polar surface area (TPSA) is 81.4 Å². The van der Waals surface area contributed by atoms with Gasteiger partial charge in [0.05, 0.1) is 18.7 Å². The number of rotatable bonds is 4. The lowest BCUT2D eigenvalue weighted by Crippen LogP contribution is -2.39. The molecule has 5 nitrogen and oxygen atoms in total. The molecule has 0 saturated carbocycles. The molecule has 1 aromatic rings. The molecule has 0 spiro atoms. The normalized spacial score (nSPS) is 15.1. The zero-order valence-corrected chi connectivity index (χ0v) is 12.8. The highest BCUT2D eigenvalue weighted by Crippen LogP contribution is 2.39. The average molecular weight is 296 g/mol. The van der Waals surface area contributed by atoms with Crippen molar-refractivity contribution in [3.63, 3.8) is 0 Å². The third-order valence-electron chi connectivity index (χ3n) is 3.57. The van der Waals surface area contributed by atoms with Crippen LogP contribution in [-0.2, 0) is 22.4 Å². The number of nitrogens with two attached hydrogens (primary N) is 1. The Bertz CT molecular complexity index is 537. The summed E-state index contributed by atoms with van der Waals surface area (Å²) in [6.07, 6.45) is 2.86. The van der Waals surface area contributed by atoms with E-state index in [9.17, 15) is 9.59 Å². The van der Waals surface area contributed by atoms with Gasteiger partial charge in [0.1, 0.15) is 5.00 Å². The lowest BCUT2D eigenvalue weighted by atomic mass is 10.0. The van der Waals surface area contributed by atoms with E-state index >= 15 is 0 Å². The maximum atomic E-state index is 12.1. The summed E-state index contributed by atoms with van der Waals surface area (Å²) in [6.45, 7) is 3.78. The number of esters is 1. The summed E-state index contributed by atoms with van der Waals surface area (Å²) in [5.41, 5.74) is 7.37. The van der Waals surface area contributed by atoms with Crippen molar-refractivity contribution in [1.82, 2.24) is 0 Å². The van der Waals surface area contributed by atoms with Gasteiger partial charge in [0.15, 0.2) is 0 Å². The van der Waals surface area contributed by atoms with Gasteiger partial charge in [0.25, 0.3) is 0 Å². The van der Waals surface area contributed by atoms with Crippen LogP contribution in [0.4, 0.5) is 5.00 Å². The summed E-state index contributed by atoms with van der Waals surface area (Å²) in [7, 11) is 1.35. The second-order valence-corrected chi connectivity index (χ2v) is 6.42. The number of carbonyl (C=O) groups excluding carboxylic acids is 2. The van der Waals surface area contributed by atoms with Crippen LogP contribution in [0.2, 0.25) is 0 Å². The fraction of sp³-hybridized carbons (Fsp3) is 0.571. The Morgan fingerprint density at radius 3 is 2.65 bits per heavy atom. The molecule has 1 amide bonds. The quantitative estimate of drug-likeness (QED) is 0.832. The van der Waals surface area contributed by atoms with Gasteiger partial charge in [-0.2, -0.15) is 0 Å². The van der Waals surface area contributed by atoms with Crippen molar-refractivity contribution in [1.29, 1.82) is 0 Å². The molecular weight excluding hydrogens is 276 g/mol. The number of anilines is 1. The molecule has 1 aromatic heterocycles. The van der Waals surface area contributed by atoms with Gasteiger partial charge in [-0.15, -0.1) is 11.3 Å². The van der Waals surface area contributed by atoms with E-state index in [0.717, 1.165) is 24.8 Å². The van der Waals surface area contributed by atoms with E-state index < -0.39 is 12.0 Å². The maximum absolute atomic E-state index is 12.1. The van der Waals surface area contributed by atoms with E-state index in [1.165, 1.54) is 23.3 Å². The molecule has 0 saturated heterocycles. The van der Waals surface area contributed by atoms with Crippen molar-refractivity contribution >= 4 is 28.2 Å². The highest BCUT2D eigenvalue weighted by molar-refractivity contribution is 7.17. The molecule has 6 heteroatoms. The minimum atomic E-state index is -0.586. The summed E-state index contributed by atoms with van der Waals surface area (Å²) in [6, 6.07) is -0.586. The highest BCUT2D eigenvalue weighted by atomic mass is 32.1. The largest absolute Gasteiger partial charge is 0.465 e.